The second kappa shape index (κ2) is 8.00. The molecule has 1 amide bonds. The fourth-order valence-corrected chi connectivity index (χ4v) is 4.02. The molecule has 7 heteroatoms. The Labute approximate surface area is 173 Å². The normalized spacial score (nSPS) is 11.2. The van der Waals surface area contributed by atoms with Crippen LogP contribution >= 0.6 is 27.3 Å². The molecule has 4 nitrogen and oxygen atoms in total. The van der Waals surface area contributed by atoms with Gasteiger partial charge >= 0.3 is 0 Å². The third-order valence-corrected chi connectivity index (χ3v) is 5.41. The monoisotopic (exact) mass is 453 g/mol. The molecule has 0 aliphatic rings. The number of fused-ring (bicyclic) bond motifs is 1. The lowest BCUT2D eigenvalue weighted by Gasteiger charge is -2.13. The predicted octanol–water partition coefficient (Wildman–Crippen LogP) is 5.88. The van der Waals surface area contributed by atoms with E-state index in [0.717, 1.165) is 20.3 Å². The lowest BCUT2D eigenvalue weighted by atomic mass is 10.2. The number of carbonyl (C=O) groups excluding carboxylic acids is 1. The molecule has 0 aliphatic carbocycles. The van der Waals surface area contributed by atoms with Crippen LogP contribution in [0.2, 0.25) is 0 Å². The van der Waals surface area contributed by atoms with E-state index >= 15 is 0 Å². The second-order valence-corrected chi connectivity index (χ2v) is 7.81. The van der Waals surface area contributed by atoms with E-state index in [4.69, 9.17) is 0 Å². The van der Waals surface area contributed by atoms with E-state index in [9.17, 15) is 9.18 Å². The van der Waals surface area contributed by atoms with Crippen molar-refractivity contribution >= 4 is 54.7 Å². The number of aromatic nitrogens is 1. The van der Waals surface area contributed by atoms with E-state index in [-0.39, 0.29) is 5.91 Å². The van der Waals surface area contributed by atoms with E-state index in [1.54, 1.807) is 6.21 Å². The van der Waals surface area contributed by atoms with Crippen LogP contribution in [-0.4, -0.2) is 17.1 Å². The first kappa shape index (κ1) is 18.5. The molecule has 0 saturated carbocycles. The largest absolute Gasteiger partial charge is 0.280 e. The van der Waals surface area contributed by atoms with Crippen molar-refractivity contribution in [2.75, 3.05) is 5.01 Å². The molecule has 0 fully saturated rings. The summed E-state index contributed by atoms with van der Waals surface area (Å²) in [4.78, 5) is 17.6. The van der Waals surface area contributed by atoms with Crippen LogP contribution in [0.4, 0.5) is 9.52 Å². The highest BCUT2D eigenvalue weighted by Crippen LogP contribution is 2.31. The van der Waals surface area contributed by atoms with Gasteiger partial charge in [0, 0.05) is 10.0 Å². The Bertz CT molecular complexity index is 1160. The quantitative estimate of drug-likeness (QED) is 0.286. The van der Waals surface area contributed by atoms with Crippen LogP contribution < -0.4 is 5.01 Å². The fraction of sp³-hybridized carbons (Fsp3) is 0. The number of rotatable bonds is 4. The van der Waals surface area contributed by atoms with Gasteiger partial charge in [0.25, 0.3) is 5.91 Å². The minimum absolute atomic E-state index is 0.326. The number of anilines is 1. The molecule has 4 aromatic rings. The topological polar surface area (TPSA) is 45.6 Å². The number of hydrazone groups is 1. The summed E-state index contributed by atoms with van der Waals surface area (Å²) in [5.74, 6) is -0.786. The first-order valence-corrected chi connectivity index (χ1v) is 9.96. The zero-order chi connectivity index (χ0) is 19.5. The number of hydrogen-bond donors (Lipinski definition) is 0. The molecule has 0 saturated heterocycles. The molecule has 28 heavy (non-hydrogen) atoms. The van der Waals surface area contributed by atoms with Gasteiger partial charge in [-0.2, -0.15) is 10.1 Å². The Morgan fingerprint density at radius 2 is 1.82 bits per heavy atom. The molecule has 1 aromatic heterocycles. The van der Waals surface area contributed by atoms with E-state index in [1.165, 1.54) is 40.6 Å². The van der Waals surface area contributed by atoms with Crippen molar-refractivity contribution in [3.8, 4) is 0 Å². The fourth-order valence-electron chi connectivity index (χ4n) is 2.54. The van der Waals surface area contributed by atoms with Crippen molar-refractivity contribution < 1.29 is 9.18 Å². The van der Waals surface area contributed by atoms with Crippen molar-refractivity contribution in [3.63, 3.8) is 0 Å². The number of benzene rings is 3. The number of hydrogen-bond acceptors (Lipinski definition) is 4. The maximum atomic E-state index is 13.3. The molecule has 0 unspecified atom stereocenters. The molecule has 0 N–H and O–H groups in total. The molecule has 4 rings (SSSR count). The maximum absolute atomic E-state index is 13.3. The molecule has 138 valence electrons. The van der Waals surface area contributed by atoms with Crippen molar-refractivity contribution in [1.29, 1.82) is 0 Å². The van der Waals surface area contributed by atoms with E-state index < -0.39 is 5.82 Å². The van der Waals surface area contributed by atoms with Gasteiger partial charge in [0.05, 0.1) is 16.4 Å². The lowest BCUT2D eigenvalue weighted by molar-refractivity contribution is 0.0988. The number of halogens is 2. The Kier molecular flexibility index (Phi) is 5.27. The van der Waals surface area contributed by atoms with Crippen LogP contribution in [0.1, 0.15) is 15.9 Å². The van der Waals surface area contributed by atoms with E-state index in [2.05, 4.69) is 26.0 Å². The first-order chi connectivity index (χ1) is 13.6. The summed E-state index contributed by atoms with van der Waals surface area (Å²) in [7, 11) is 0. The standard InChI is InChI=1S/C21H13BrFN3OS/c22-16-8-11-18-19(12-16)28-21(25-18)26(24-13-14-4-2-1-3-5-14)20(27)15-6-9-17(23)10-7-15/h1-13H/b24-13+. The molecule has 3 aromatic carbocycles. The van der Waals surface area contributed by atoms with Gasteiger partial charge in [0.1, 0.15) is 5.82 Å². The minimum Gasteiger partial charge on any atom is -0.267 e. The Morgan fingerprint density at radius 3 is 2.57 bits per heavy atom. The number of thiazole rings is 1. The molecule has 0 spiro atoms. The van der Waals surface area contributed by atoms with Gasteiger partial charge in [-0.25, -0.2) is 9.37 Å². The summed E-state index contributed by atoms with van der Waals surface area (Å²) in [5.41, 5.74) is 1.95. The third kappa shape index (κ3) is 4.00. The van der Waals surface area contributed by atoms with Crippen molar-refractivity contribution in [2.45, 2.75) is 0 Å². The van der Waals surface area contributed by atoms with Gasteiger partial charge < -0.3 is 0 Å². The molecule has 0 bridgehead atoms. The lowest BCUT2D eigenvalue weighted by Crippen LogP contribution is -2.25. The summed E-state index contributed by atoms with van der Waals surface area (Å²) in [5, 5.41) is 6.07. The maximum Gasteiger partial charge on any atom is 0.280 e. The number of nitrogens with zero attached hydrogens (tertiary/aromatic N) is 3. The molecule has 1 heterocycles. The summed E-state index contributed by atoms with van der Waals surface area (Å²) in [6.45, 7) is 0. The van der Waals surface area contributed by atoms with Gasteiger partial charge in [0.15, 0.2) is 0 Å². The summed E-state index contributed by atoms with van der Waals surface area (Å²) in [6, 6.07) is 20.6. The highest BCUT2D eigenvalue weighted by atomic mass is 79.9. The van der Waals surface area contributed by atoms with Crippen LogP contribution in [0, 0.1) is 5.82 Å². The molecule has 0 atom stereocenters. The SMILES string of the molecule is O=C(c1ccc(F)cc1)N(/N=C/c1ccccc1)c1nc2ccc(Br)cc2s1. The van der Waals surface area contributed by atoms with Crippen LogP contribution in [0.3, 0.4) is 0 Å². The van der Waals surface area contributed by atoms with Crippen molar-refractivity contribution in [3.05, 3.63) is 94.2 Å². The predicted molar refractivity (Wildman–Crippen MR) is 115 cm³/mol. The number of amides is 1. The van der Waals surface area contributed by atoms with Gasteiger partial charge in [-0.1, -0.05) is 57.6 Å². The smallest absolute Gasteiger partial charge is 0.267 e. The molecule has 0 radical (unpaired) electrons. The summed E-state index contributed by atoms with van der Waals surface area (Å²) >= 11 is 4.80. The number of carbonyl (C=O) groups is 1. The van der Waals surface area contributed by atoms with Crippen LogP contribution in [0.5, 0.6) is 0 Å². The molecular formula is C21H13BrFN3OS. The van der Waals surface area contributed by atoms with Gasteiger partial charge in [-0.3, -0.25) is 4.79 Å². The average molecular weight is 454 g/mol. The van der Waals surface area contributed by atoms with E-state index in [1.807, 2.05) is 48.5 Å². The Hall–Kier alpha value is -2.90. The Balaban J connectivity index is 1.76. The van der Waals surface area contributed by atoms with Gasteiger partial charge in [-0.05, 0) is 48.0 Å². The van der Waals surface area contributed by atoms with Crippen molar-refractivity contribution in [2.24, 2.45) is 5.10 Å². The van der Waals surface area contributed by atoms with Crippen LogP contribution in [0.15, 0.2) is 82.4 Å². The zero-order valence-electron chi connectivity index (χ0n) is 14.4. The van der Waals surface area contributed by atoms with Crippen LogP contribution in [-0.2, 0) is 0 Å². The second-order valence-electron chi connectivity index (χ2n) is 5.89. The van der Waals surface area contributed by atoms with Crippen LogP contribution in [0.25, 0.3) is 10.2 Å². The van der Waals surface area contributed by atoms with Gasteiger partial charge in [0.2, 0.25) is 5.13 Å². The molecular weight excluding hydrogens is 441 g/mol. The minimum atomic E-state index is -0.402. The van der Waals surface area contributed by atoms with Crippen molar-refractivity contribution in [1.82, 2.24) is 4.98 Å². The third-order valence-electron chi connectivity index (χ3n) is 3.93. The highest BCUT2D eigenvalue weighted by Gasteiger charge is 2.21. The highest BCUT2D eigenvalue weighted by molar-refractivity contribution is 9.10. The molecule has 0 aliphatic heterocycles. The zero-order valence-corrected chi connectivity index (χ0v) is 16.8. The van der Waals surface area contributed by atoms with E-state index in [0.29, 0.717) is 10.7 Å². The first-order valence-electron chi connectivity index (χ1n) is 8.35. The summed E-state index contributed by atoms with van der Waals surface area (Å²) < 4.78 is 15.1. The average Bonchev–Trinajstić information content (AvgIpc) is 3.12. The summed E-state index contributed by atoms with van der Waals surface area (Å²) in [6.07, 6.45) is 1.60. The Morgan fingerprint density at radius 1 is 1.07 bits per heavy atom. The van der Waals surface area contributed by atoms with Gasteiger partial charge in [-0.15, -0.1) is 0 Å².